The van der Waals surface area contributed by atoms with E-state index < -0.39 is 0 Å². The van der Waals surface area contributed by atoms with Crippen molar-refractivity contribution in [1.29, 1.82) is 0 Å². The highest BCUT2D eigenvalue weighted by atomic mass is 16.2. The summed E-state index contributed by atoms with van der Waals surface area (Å²) in [5, 5.41) is 2.95. The number of rotatable bonds is 7. The SMILES string of the molecule is CN(CCNC(=O)CN1CCC(C(N)=O)CC1)c1ccccc1. The summed E-state index contributed by atoms with van der Waals surface area (Å²) < 4.78 is 0. The van der Waals surface area contributed by atoms with Crippen molar-refractivity contribution in [3.05, 3.63) is 30.3 Å². The maximum Gasteiger partial charge on any atom is 0.234 e. The molecule has 0 aliphatic carbocycles. The van der Waals surface area contributed by atoms with Crippen LogP contribution in [0.15, 0.2) is 30.3 Å². The van der Waals surface area contributed by atoms with Crippen molar-refractivity contribution in [2.75, 3.05) is 44.7 Å². The second-order valence-corrected chi connectivity index (χ2v) is 6.06. The van der Waals surface area contributed by atoms with E-state index in [1.807, 2.05) is 37.4 Å². The molecule has 126 valence electrons. The van der Waals surface area contributed by atoms with E-state index in [9.17, 15) is 9.59 Å². The van der Waals surface area contributed by atoms with Crippen LogP contribution >= 0.6 is 0 Å². The number of amides is 2. The van der Waals surface area contributed by atoms with Gasteiger partial charge in [0.1, 0.15) is 0 Å². The summed E-state index contributed by atoms with van der Waals surface area (Å²) in [6, 6.07) is 10.1. The molecule has 1 aliphatic heterocycles. The molecule has 6 nitrogen and oxygen atoms in total. The first-order valence-electron chi connectivity index (χ1n) is 8.11. The Labute approximate surface area is 137 Å². The predicted molar refractivity (Wildman–Crippen MR) is 91.1 cm³/mol. The highest BCUT2D eigenvalue weighted by Gasteiger charge is 2.23. The molecule has 0 saturated carbocycles. The van der Waals surface area contributed by atoms with Gasteiger partial charge in [0.25, 0.3) is 0 Å². The Bertz CT molecular complexity index is 513. The molecule has 23 heavy (non-hydrogen) atoms. The molecule has 1 heterocycles. The maximum absolute atomic E-state index is 12.0. The number of likely N-dealkylation sites (tertiary alicyclic amines) is 1. The van der Waals surface area contributed by atoms with Crippen molar-refractivity contribution < 1.29 is 9.59 Å². The zero-order valence-corrected chi connectivity index (χ0v) is 13.7. The van der Waals surface area contributed by atoms with Crippen molar-refractivity contribution in [2.45, 2.75) is 12.8 Å². The summed E-state index contributed by atoms with van der Waals surface area (Å²) in [4.78, 5) is 27.3. The third-order valence-corrected chi connectivity index (χ3v) is 4.32. The van der Waals surface area contributed by atoms with Crippen molar-refractivity contribution in [3.8, 4) is 0 Å². The van der Waals surface area contributed by atoms with Crippen LogP contribution in [-0.2, 0) is 9.59 Å². The lowest BCUT2D eigenvalue weighted by Crippen LogP contribution is -2.44. The van der Waals surface area contributed by atoms with Gasteiger partial charge in [-0.3, -0.25) is 14.5 Å². The number of nitrogens with one attached hydrogen (secondary N) is 1. The first-order chi connectivity index (χ1) is 11.1. The molecule has 0 aromatic heterocycles. The van der Waals surface area contributed by atoms with Crippen LogP contribution in [0.3, 0.4) is 0 Å². The number of likely N-dealkylation sites (N-methyl/N-ethyl adjacent to an activating group) is 1. The number of primary amides is 1. The van der Waals surface area contributed by atoms with Gasteiger partial charge in [-0.15, -0.1) is 0 Å². The van der Waals surface area contributed by atoms with E-state index in [1.165, 1.54) is 0 Å². The van der Waals surface area contributed by atoms with Gasteiger partial charge in [0.05, 0.1) is 6.54 Å². The standard InChI is InChI=1S/C17H26N4O2/c1-20(15-5-3-2-4-6-15)12-9-19-16(22)13-21-10-7-14(8-11-21)17(18)23/h2-6,14H,7-13H2,1H3,(H2,18,23)(H,19,22). The molecule has 6 heteroatoms. The molecule has 2 amide bonds. The Kier molecular flexibility index (Phi) is 6.40. The zero-order chi connectivity index (χ0) is 16.7. The fourth-order valence-corrected chi connectivity index (χ4v) is 2.81. The third kappa shape index (κ3) is 5.56. The predicted octanol–water partition coefficient (Wildman–Crippen LogP) is 0.436. The Morgan fingerprint density at radius 2 is 1.91 bits per heavy atom. The number of para-hydroxylation sites is 1. The molecular formula is C17H26N4O2. The van der Waals surface area contributed by atoms with Crippen LogP contribution in [0.1, 0.15) is 12.8 Å². The van der Waals surface area contributed by atoms with E-state index in [0.29, 0.717) is 13.1 Å². The number of nitrogens with zero attached hydrogens (tertiary/aromatic N) is 2. The topological polar surface area (TPSA) is 78.7 Å². The normalized spacial score (nSPS) is 16.0. The lowest BCUT2D eigenvalue weighted by molar-refractivity contribution is -0.124. The lowest BCUT2D eigenvalue weighted by Gasteiger charge is -2.29. The number of piperidine rings is 1. The molecule has 3 N–H and O–H groups in total. The fourth-order valence-electron chi connectivity index (χ4n) is 2.81. The van der Waals surface area contributed by atoms with Gasteiger partial charge < -0.3 is 16.0 Å². The minimum absolute atomic E-state index is 0.0315. The van der Waals surface area contributed by atoms with Crippen LogP contribution in [0, 0.1) is 5.92 Å². The minimum atomic E-state index is -0.224. The van der Waals surface area contributed by atoms with E-state index in [1.54, 1.807) is 0 Å². The van der Waals surface area contributed by atoms with Crippen LogP contribution < -0.4 is 16.0 Å². The summed E-state index contributed by atoms with van der Waals surface area (Å²) in [5.74, 6) is -0.226. The average molecular weight is 318 g/mol. The van der Waals surface area contributed by atoms with Crippen molar-refractivity contribution >= 4 is 17.5 Å². The first kappa shape index (κ1) is 17.3. The van der Waals surface area contributed by atoms with Gasteiger partial charge in [-0.25, -0.2) is 0 Å². The quantitative estimate of drug-likeness (QED) is 0.764. The van der Waals surface area contributed by atoms with Crippen molar-refractivity contribution in [2.24, 2.45) is 11.7 Å². The van der Waals surface area contributed by atoms with E-state index in [2.05, 4.69) is 15.1 Å². The molecule has 1 aromatic rings. The van der Waals surface area contributed by atoms with Gasteiger partial charge in [-0.2, -0.15) is 0 Å². The summed E-state index contributed by atoms with van der Waals surface area (Å²) in [6.07, 6.45) is 1.50. The molecule has 0 spiro atoms. The van der Waals surface area contributed by atoms with Crippen molar-refractivity contribution in [1.82, 2.24) is 10.2 Å². The highest BCUT2D eigenvalue weighted by molar-refractivity contribution is 5.78. The van der Waals surface area contributed by atoms with E-state index >= 15 is 0 Å². The molecular weight excluding hydrogens is 292 g/mol. The molecule has 1 aliphatic rings. The third-order valence-electron chi connectivity index (χ3n) is 4.32. The number of anilines is 1. The summed E-state index contributed by atoms with van der Waals surface area (Å²) in [5.41, 5.74) is 6.45. The van der Waals surface area contributed by atoms with Gasteiger partial charge in [-0.1, -0.05) is 18.2 Å². The lowest BCUT2D eigenvalue weighted by atomic mass is 9.96. The smallest absolute Gasteiger partial charge is 0.234 e. The summed E-state index contributed by atoms with van der Waals surface area (Å²) in [7, 11) is 2.01. The van der Waals surface area contributed by atoms with Gasteiger partial charge in [-0.05, 0) is 38.1 Å². The second kappa shape index (κ2) is 8.53. The van der Waals surface area contributed by atoms with Crippen LogP contribution in [0.25, 0.3) is 0 Å². The molecule has 0 radical (unpaired) electrons. The summed E-state index contributed by atoms with van der Waals surface area (Å²) in [6.45, 7) is 3.28. The van der Waals surface area contributed by atoms with Crippen LogP contribution in [0.4, 0.5) is 5.69 Å². The molecule has 0 bridgehead atoms. The number of benzene rings is 1. The molecule has 0 atom stereocenters. The van der Waals surface area contributed by atoms with Crippen LogP contribution in [-0.4, -0.2) is 56.5 Å². The first-order valence-corrected chi connectivity index (χ1v) is 8.11. The Balaban J connectivity index is 1.63. The Morgan fingerprint density at radius 1 is 1.26 bits per heavy atom. The fraction of sp³-hybridized carbons (Fsp3) is 0.529. The summed E-state index contributed by atoms with van der Waals surface area (Å²) >= 11 is 0. The largest absolute Gasteiger partial charge is 0.373 e. The maximum atomic E-state index is 12.0. The van der Waals surface area contributed by atoms with Crippen molar-refractivity contribution in [3.63, 3.8) is 0 Å². The number of carbonyl (C=O) groups is 2. The van der Waals surface area contributed by atoms with Crippen LogP contribution in [0.5, 0.6) is 0 Å². The van der Waals surface area contributed by atoms with Crippen LogP contribution in [0.2, 0.25) is 0 Å². The minimum Gasteiger partial charge on any atom is -0.373 e. The van der Waals surface area contributed by atoms with Gasteiger partial charge >= 0.3 is 0 Å². The second-order valence-electron chi connectivity index (χ2n) is 6.06. The number of hydrogen-bond acceptors (Lipinski definition) is 4. The number of carbonyl (C=O) groups excluding carboxylic acids is 2. The Hall–Kier alpha value is -2.08. The number of hydrogen-bond donors (Lipinski definition) is 2. The zero-order valence-electron chi connectivity index (χ0n) is 13.7. The highest BCUT2D eigenvalue weighted by Crippen LogP contribution is 2.16. The molecule has 2 rings (SSSR count). The molecule has 1 fully saturated rings. The van der Waals surface area contributed by atoms with E-state index in [4.69, 9.17) is 5.73 Å². The van der Waals surface area contributed by atoms with Gasteiger partial charge in [0, 0.05) is 31.7 Å². The van der Waals surface area contributed by atoms with Gasteiger partial charge in [0.2, 0.25) is 11.8 Å². The molecule has 0 unspecified atom stereocenters. The monoisotopic (exact) mass is 318 g/mol. The average Bonchev–Trinajstić information content (AvgIpc) is 2.56. The van der Waals surface area contributed by atoms with E-state index in [0.717, 1.165) is 38.2 Å². The molecule has 1 aromatic carbocycles. The van der Waals surface area contributed by atoms with E-state index in [-0.39, 0.29) is 17.7 Å². The van der Waals surface area contributed by atoms with Gasteiger partial charge in [0.15, 0.2) is 0 Å². The number of nitrogens with two attached hydrogens (primary N) is 1. The Morgan fingerprint density at radius 3 is 2.52 bits per heavy atom. The molecule has 1 saturated heterocycles.